The quantitative estimate of drug-likeness (QED) is 0.635. The molecule has 5 heteroatoms. The topological polar surface area (TPSA) is 52.6 Å². The van der Waals surface area contributed by atoms with Crippen molar-refractivity contribution < 1.29 is 8.76 Å². The van der Waals surface area contributed by atoms with E-state index < -0.39 is 11.3 Å². The third kappa shape index (κ3) is 3.56. The molecule has 0 aliphatic heterocycles. The molecule has 2 aromatic rings. The minimum Gasteiger partial charge on any atom is -0.377 e. The molecule has 0 saturated heterocycles. The van der Waals surface area contributed by atoms with Crippen LogP contribution in [0, 0.1) is 0 Å². The van der Waals surface area contributed by atoms with Crippen LogP contribution in [0.3, 0.4) is 0 Å². The maximum absolute atomic E-state index is 10.5. The van der Waals surface area contributed by atoms with Crippen molar-refractivity contribution in [3.05, 3.63) is 42.0 Å². The highest BCUT2D eigenvalue weighted by molar-refractivity contribution is 7.77. The minimum absolute atomic E-state index is 0.535. The van der Waals surface area contributed by atoms with E-state index in [4.69, 9.17) is 4.55 Å². The van der Waals surface area contributed by atoms with E-state index in [0.29, 0.717) is 6.54 Å². The van der Waals surface area contributed by atoms with Crippen LogP contribution in [0.4, 0.5) is 5.69 Å². The van der Waals surface area contributed by atoms with Crippen molar-refractivity contribution in [1.82, 2.24) is 4.72 Å². The maximum Gasteiger partial charge on any atom is 0.231 e. The maximum atomic E-state index is 10.5. The van der Waals surface area contributed by atoms with E-state index >= 15 is 0 Å². The van der Waals surface area contributed by atoms with Crippen LogP contribution in [0.25, 0.3) is 10.8 Å². The van der Waals surface area contributed by atoms with E-state index in [1.54, 1.807) is 0 Å². The van der Waals surface area contributed by atoms with Crippen molar-refractivity contribution in [2.24, 2.45) is 0 Å². The molecule has 0 aromatic heterocycles. The Hall–Kier alpha value is -1.43. The van der Waals surface area contributed by atoms with Crippen LogP contribution >= 0.6 is 0 Å². The average Bonchev–Trinajstić information content (AvgIpc) is 2.42. The van der Waals surface area contributed by atoms with Gasteiger partial charge in [0.15, 0.2) is 0 Å². The Kier molecular flexibility index (Phi) is 5.11. The van der Waals surface area contributed by atoms with Crippen molar-refractivity contribution in [1.29, 1.82) is 0 Å². The highest BCUT2D eigenvalue weighted by atomic mass is 32.2. The molecule has 0 amide bonds. The molecule has 0 spiro atoms. The molecule has 2 aromatic carbocycles. The Morgan fingerprint density at radius 3 is 2.55 bits per heavy atom. The lowest BCUT2D eigenvalue weighted by molar-refractivity contribution is 0.547. The summed E-state index contributed by atoms with van der Waals surface area (Å²) in [4.78, 5) is 2.11. The first-order valence-electron chi connectivity index (χ1n) is 6.62. The van der Waals surface area contributed by atoms with Crippen LogP contribution in [0.5, 0.6) is 0 Å². The molecule has 0 aliphatic rings. The first kappa shape index (κ1) is 15.0. The standard InChI is InChI=1S/C15H20N2O2S/c1-17(2)15-10-4-8-13-12(6-3-9-14(13)15)7-5-11-16-20(18)19/h3-4,6,8-10,16H,5,7,11H2,1-2H3,(H,18,19). The summed E-state index contributed by atoms with van der Waals surface area (Å²) in [5.41, 5.74) is 2.48. The largest absolute Gasteiger partial charge is 0.377 e. The van der Waals surface area contributed by atoms with Crippen molar-refractivity contribution in [2.45, 2.75) is 12.8 Å². The molecule has 0 radical (unpaired) electrons. The van der Waals surface area contributed by atoms with E-state index in [9.17, 15) is 4.21 Å². The van der Waals surface area contributed by atoms with Gasteiger partial charge < -0.3 is 4.90 Å². The molecule has 2 N–H and O–H groups in total. The van der Waals surface area contributed by atoms with Gasteiger partial charge in [-0.2, -0.15) is 0 Å². The van der Waals surface area contributed by atoms with Gasteiger partial charge in [0.05, 0.1) is 0 Å². The van der Waals surface area contributed by atoms with Crippen molar-refractivity contribution >= 4 is 27.7 Å². The molecule has 0 bridgehead atoms. The molecular formula is C15H20N2O2S. The van der Waals surface area contributed by atoms with E-state index in [0.717, 1.165) is 12.8 Å². The SMILES string of the molecule is CN(C)c1cccc2c(CCCNS(=O)O)cccc12. The van der Waals surface area contributed by atoms with Gasteiger partial charge in [0.2, 0.25) is 11.3 Å². The second-order valence-electron chi connectivity index (χ2n) is 4.93. The van der Waals surface area contributed by atoms with E-state index in [1.165, 1.54) is 22.0 Å². The Morgan fingerprint density at radius 2 is 1.85 bits per heavy atom. The summed E-state index contributed by atoms with van der Waals surface area (Å²) >= 11 is -1.92. The number of nitrogens with one attached hydrogen (secondary N) is 1. The molecule has 108 valence electrons. The minimum atomic E-state index is -1.92. The molecule has 1 atom stereocenters. The molecule has 0 heterocycles. The van der Waals surface area contributed by atoms with Gasteiger partial charge in [-0.1, -0.05) is 30.3 Å². The number of aryl methyl sites for hydroxylation is 1. The van der Waals surface area contributed by atoms with Gasteiger partial charge in [-0.25, -0.2) is 8.93 Å². The lowest BCUT2D eigenvalue weighted by Crippen LogP contribution is -2.17. The highest BCUT2D eigenvalue weighted by Gasteiger charge is 2.06. The number of hydrogen-bond donors (Lipinski definition) is 2. The van der Waals surface area contributed by atoms with Crippen LogP contribution in [0.2, 0.25) is 0 Å². The van der Waals surface area contributed by atoms with Crippen molar-refractivity contribution in [3.8, 4) is 0 Å². The van der Waals surface area contributed by atoms with Crippen molar-refractivity contribution in [2.75, 3.05) is 25.5 Å². The Balaban J connectivity index is 2.22. The number of anilines is 1. The summed E-state index contributed by atoms with van der Waals surface area (Å²) in [5.74, 6) is 0. The van der Waals surface area contributed by atoms with Crippen molar-refractivity contribution in [3.63, 3.8) is 0 Å². The van der Waals surface area contributed by atoms with Crippen LogP contribution in [-0.2, 0) is 17.7 Å². The summed E-state index contributed by atoms with van der Waals surface area (Å²) < 4.78 is 21.7. The normalized spacial score (nSPS) is 12.6. The fraction of sp³-hybridized carbons (Fsp3) is 0.333. The predicted molar refractivity (Wildman–Crippen MR) is 85.4 cm³/mol. The summed E-state index contributed by atoms with van der Waals surface area (Å²) in [6.45, 7) is 0.535. The Labute approximate surface area is 122 Å². The van der Waals surface area contributed by atoms with Crippen LogP contribution < -0.4 is 9.62 Å². The van der Waals surface area contributed by atoms with E-state index in [-0.39, 0.29) is 0 Å². The fourth-order valence-electron chi connectivity index (χ4n) is 2.40. The molecule has 20 heavy (non-hydrogen) atoms. The van der Waals surface area contributed by atoms with Gasteiger partial charge in [-0.05, 0) is 29.9 Å². The van der Waals surface area contributed by atoms with Crippen LogP contribution in [0.15, 0.2) is 36.4 Å². The van der Waals surface area contributed by atoms with Crippen LogP contribution in [0.1, 0.15) is 12.0 Å². The van der Waals surface area contributed by atoms with Gasteiger partial charge >= 0.3 is 0 Å². The zero-order chi connectivity index (χ0) is 14.5. The fourth-order valence-corrected chi connectivity index (χ4v) is 2.72. The zero-order valence-corrected chi connectivity index (χ0v) is 12.6. The molecule has 0 fully saturated rings. The Bertz CT molecular complexity index is 614. The lowest BCUT2D eigenvalue weighted by Gasteiger charge is -2.16. The molecular weight excluding hydrogens is 272 g/mol. The first-order chi connectivity index (χ1) is 9.59. The third-order valence-corrected chi connectivity index (χ3v) is 3.77. The number of nitrogens with zero attached hydrogens (tertiary/aromatic N) is 1. The zero-order valence-electron chi connectivity index (χ0n) is 11.8. The molecule has 1 unspecified atom stereocenters. The Morgan fingerprint density at radius 1 is 1.15 bits per heavy atom. The number of rotatable bonds is 6. The molecule has 0 aliphatic carbocycles. The number of fused-ring (bicyclic) bond motifs is 1. The monoisotopic (exact) mass is 292 g/mol. The van der Waals surface area contributed by atoms with Gasteiger partial charge in [-0.3, -0.25) is 4.55 Å². The van der Waals surface area contributed by atoms with Gasteiger partial charge in [0, 0.05) is 31.7 Å². The summed E-state index contributed by atoms with van der Waals surface area (Å²) in [7, 11) is 4.09. The smallest absolute Gasteiger partial charge is 0.231 e. The second-order valence-corrected chi connectivity index (χ2v) is 5.72. The van der Waals surface area contributed by atoms with Gasteiger partial charge in [0.1, 0.15) is 0 Å². The second kappa shape index (κ2) is 6.83. The van der Waals surface area contributed by atoms with E-state index in [1.807, 2.05) is 14.1 Å². The first-order valence-corrected chi connectivity index (χ1v) is 7.72. The number of hydrogen-bond acceptors (Lipinski definition) is 2. The summed E-state index contributed by atoms with van der Waals surface area (Å²) in [6, 6.07) is 12.6. The van der Waals surface area contributed by atoms with E-state index in [2.05, 4.69) is 46.0 Å². The molecule has 2 rings (SSSR count). The molecule has 4 nitrogen and oxygen atoms in total. The summed E-state index contributed by atoms with van der Waals surface area (Å²) in [6.07, 6.45) is 1.72. The van der Waals surface area contributed by atoms with Gasteiger partial charge in [0.25, 0.3) is 0 Å². The predicted octanol–water partition coefficient (Wildman–Crippen LogP) is 2.56. The number of benzene rings is 2. The highest BCUT2D eigenvalue weighted by Crippen LogP contribution is 2.28. The van der Waals surface area contributed by atoms with Crippen LogP contribution in [-0.4, -0.2) is 29.4 Å². The summed E-state index contributed by atoms with van der Waals surface area (Å²) in [5, 5.41) is 2.50. The van der Waals surface area contributed by atoms with Gasteiger partial charge in [-0.15, -0.1) is 0 Å². The third-order valence-electron chi connectivity index (χ3n) is 3.32. The lowest BCUT2D eigenvalue weighted by atomic mass is 9.99. The molecule has 0 saturated carbocycles. The average molecular weight is 292 g/mol.